The molecular weight excluding hydrogens is 390 g/mol. The number of amides is 3. The van der Waals surface area contributed by atoms with Crippen molar-refractivity contribution in [1.29, 1.82) is 0 Å². The summed E-state index contributed by atoms with van der Waals surface area (Å²) in [5, 5.41) is 17.0. The second-order valence-electron chi connectivity index (χ2n) is 8.06. The molecule has 8 N–H and O–H groups in total. The first-order valence-electron chi connectivity index (χ1n) is 10.6. The van der Waals surface area contributed by atoms with Gasteiger partial charge in [0.1, 0.15) is 18.1 Å². The molecule has 0 aliphatic heterocycles. The monoisotopic (exact) mass is 429 g/mol. The Morgan fingerprint density at radius 2 is 1.50 bits per heavy atom. The number of hydrogen-bond donors (Lipinski definition) is 6. The van der Waals surface area contributed by atoms with Crippen LogP contribution >= 0.6 is 0 Å². The quantitative estimate of drug-likeness (QED) is 0.205. The summed E-state index contributed by atoms with van der Waals surface area (Å²) in [7, 11) is 0. The van der Waals surface area contributed by atoms with Crippen molar-refractivity contribution in [3.05, 3.63) is 0 Å². The molecule has 0 heterocycles. The molecule has 0 aliphatic carbocycles. The van der Waals surface area contributed by atoms with Crippen molar-refractivity contribution >= 4 is 23.7 Å². The van der Waals surface area contributed by atoms with Crippen LogP contribution < -0.4 is 27.4 Å². The second kappa shape index (κ2) is 13.9. The molecule has 10 nitrogen and oxygen atoms in total. The topological polar surface area (TPSA) is 177 Å². The lowest BCUT2D eigenvalue weighted by Gasteiger charge is -2.25. The first kappa shape index (κ1) is 27.8. The minimum atomic E-state index is -1.13. The van der Waals surface area contributed by atoms with Gasteiger partial charge in [-0.1, -0.05) is 34.1 Å². The van der Waals surface area contributed by atoms with Gasteiger partial charge in [0.05, 0.1) is 6.04 Å². The average molecular weight is 430 g/mol. The smallest absolute Gasteiger partial charge is 0.326 e. The molecule has 0 saturated carbocycles. The number of carbonyl (C=O) groups excluding carboxylic acids is 3. The zero-order valence-corrected chi connectivity index (χ0v) is 18.7. The van der Waals surface area contributed by atoms with Crippen molar-refractivity contribution < 1.29 is 24.3 Å². The van der Waals surface area contributed by atoms with Crippen LogP contribution in [0.2, 0.25) is 0 Å². The average Bonchev–Trinajstić information content (AvgIpc) is 2.69. The van der Waals surface area contributed by atoms with Gasteiger partial charge in [0.25, 0.3) is 0 Å². The molecule has 5 unspecified atom stereocenters. The Labute approximate surface area is 178 Å². The lowest BCUT2D eigenvalue weighted by atomic mass is 9.99. The van der Waals surface area contributed by atoms with E-state index < -0.39 is 47.9 Å². The highest BCUT2D eigenvalue weighted by atomic mass is 16.4. The molecule has 3 amide bonds. The molecule has 0 fully saturated rings. The van der Waals surface area contributed by atoms with Crippen LogP contribution in [0.15, 0.2) is 0 Å². The number of hydrogen-bond acceptors (Lipinski definition) is 6. The van der Waals surface area contributed by atoms with Gasteiger partial charge in [-0.05, 0) is 44.6 Å². The summed E-state index contributed by atoms with van der Waals surface area (Å²) in [5.74, 6) is -3.09. The summed E-state index contributed by atoms with van der Waals surface area (Å²) in [6.07, 6.45) is 2.21. The van der Waals surface area contributed by atoms with Gasteiger partial charge in [-0.3, -0.25) is 14.4 Å². The van der Waals surface area contributed by atoms with E-state index in [1.807, 2.05) is 6.92 Å². The number of rotatable bonds is 14. The maximum Gasteiger partial charge on any atom is 0.326 e. The van der Waals surface area contributed by atoms with Crippen molar-refractivity contribution in [2.45, 2.75) is 84.5 Å². The van der Waals surface area contributed by atoms with Gasteiger partial charge in [0.15, 0.2) is 0 Å². The Morgan fingerprint density at radius 1 is 0.900 bits per heavy atom. The van der Waals surface area contributed by atoms with E-state index in [4.69, 9.17) is 11.5 Å². The molecule has 0 aliphatic rings. The standard InChI is InChI=1S/C20H39N5O5/c1-6-12(4)16(20(29)30)25-17(26)13(5)23-18(27)14(9-7-8-10-21)24-19(28)15(22)11(2)3/h11-16H,6-10,21-22H2,1-5H3,(H,23,27)(H,24,28)(H,25,26)(H,29,30). The predicted octanol–water partition coefficient (Wildman–Crippen LogP) is -0.296. The summed E-state index contributed by atoms with van der Waals surface area (Å²) in [4.78, 5) is 48.8. The summed E-state index contributed by atoms with van der Waals surface area (Å²) in [6.45, 7) is 9.07. The SMILES string of the molecule is CCC(C)C(NC(=O)C(C)NC(=O)C(CCCCN)NC(=O)C(N)C(C)C)C(=O)O. The lowest BCUT2D eigenvalue weighted by Crippen LogP contribution is -2.57. The molecule has 0 rings (SSSR count). The molecule has 30 heavy (non-hydrogen) atoms. The molecule has 10 heteroatoms. The Bertz CT molecular complexity index is 584. The number of carbonyl (C=O) groups is 4. The molecule has 0 spiro atoms. The van der Waals surface area contributed by atoms with Crippen molar-refractivity contribution in [3.63, 3.8) is 0 Å². The first-order chi connectivity index (χ1) is 14.0. The summed E-state index contributed by atoms with van der Waals surface area (Å²) in [5.41, 5.74) is 11.4. The Morgan fingerprint density at radius 3 is 1.97 bits per heavy atom. The van der Waals surface area contributed by atoms with E-state index in [-0.39, 0.29) is 11.8 Å². The van der Waals surface area contributed by atoms with E-state index in [2.05, 4.69) is 16.0 Å². The lowest BCUT2D eigenvalue weighted by molar-refractivity contribution is -0.143. The van der Waals surface area contributed by atoms with Crippen LogP contribution in [0, 0.1) is 11.8 Å². The molecule has 0 aromatic heterocycles. The van der Waals surface area contributed by atoms with Crippen molar-refractivity contribution in [3.8, 4) is 0 Å². The van der Waals surface area contributed by atoms with Crippen molar-refractivity contribution in [2.24, 2.45) is 23.3 Å². The molecular formula is C20H39N5O5. The number of nitrogens with two attached hydrogens (primary N) is 2. The van der Waals surface area contributed by atoms with Gasteiger partial charge in [-0.25, -0.2) is 4.79 Å². The van der Waals surface area contributed by atoms with Crippen LogP contribution in [0.5, 0.6) is 0 Å². The van der Waals surface area contributed by atoms with E-state index in [1.54, 1.807) is 20.8 Å². The van der Waals surface area contributed by atoms with Crippen LogP contribution in [0.1, 0.15) is 60.3 Å². The molecule has 0 aromatic carbocycles. The van der Waals surface area contributed by atoms with Crippen LogP contribution in [0.3, 0.4) is 0 Å². The fraction of sp³-hybridized carbons (Fsp3) is 0.800. The van der Waals surface area contributed by atoms with Gasteiger partial charge in [0, 0.05) is 0 Å². The summed E-state index contributed by atoms with van der Waals surface area (Å²) in [6, 6.07) is -3.65. The molecule has 174 valence electrons. The van der Waals surface area contributed by atoms with E-state index >= 15 is 0 Å². The van der Waals surface area contributed by atoms with Gasteiger partial charge in [0.2, 0.25) is 17.7 Å². The van der Waals surface area contributed by atoms with Gasteiger partial charge >= 0.3 is 5.97 Å². The number of unbranched alkanes of at least 4 members (excludes halogenated alkanes) is 1. The third-order valence-corrected chi connectivity index (χ3v) is 5.13. The van der Waals surface area contributed by atoms with Crippen molar-refractivity contribution in [1.82, 2.24) is 16.0 Å². The number of carboxylic acid groups (broad SMARTS) is 1. The normalized spacial score (nSPS) is 16.1. The largest absolute Gasteiger partial charge is 0.480 e. The highest BCUT2D eigenvalue weighted by Gasteiger charge is 2.30. The number of nitrogens with one attached hydrogen (secondary N) is 3. The van der Waals surface area contributed by atoms with Crippen LogP contribution in [0.4, 0.5) is 0 Å². The summed E-state index contributed by atoms with van der Waals surface area (Å²) < 4.78 is 0. The van der Waals surface area contributed by atoms with Crippen LogP contribution in [-0.2, 0) is 19.2 Å². The minimum Gasteiger partial charge on any atom is -0.480 e. The molecule has 0 aromatic rings. The fourth-order valence-electron chi connectivity index (χ4n) is 2.67. The maximum absolute atomic E-state index is 12.7. The van der Waals surface area contributed by atoms with Gasteiger partial charge < -0.3 is 32.5 Å². The van der Waals surface area contributed by atoms with Crippen LogP contribution in [0.25, 0.3) is 0 Å². The van der Waals surface area contributed by atoms with E-state index in [0.717, 1.165) is 0 Å². The molecule has 5 atom stereocenters. The summed E-state index contributed by atoms with van der Waals surface area (Å²) >= 11 is 0. The zero-order chi connectivity index (χ0) is 23.4. The molecule has 0 radical (unpaired) electrons. The third kappa shape index (κ3) is 9.53. The maximum atomic E-state index is 12.7. The fourth-order valence-corrected chi connectivity index (χ4v) is 2.67. The van der Waals surface area contributed by atoms with E-state index in [9.17, 15) is 24.3 Å². The second-order valence-corrected chi connectivity index (χ2v) is 8.06. The minimum absolute atomic E-state index is 0.101. The Hall–Kier alpha value is -2.20. The zero-order valence-electron chi connectivity index (χ0n) is 18.7. The van der Waals surface area contributed by atoms with E-state index in [1.165, 1.54) is 6.92 Å². The third-order valence-electron chi connectivity index (χ3n) is 5.13. The predicted molar refractivity (Wildman–Crippen MR) is 114 cm³/mol. The highest BCUT2D eigenvalue weighted by molar-refractivity contribution is 5.93. The van der Waals surface area contributed by atoms with Crippen LogP contribution in [-0.4, -0.2) is 59.5 Å². The highest BCUT2D eigenvalue weighted by Crippen LogP contribution is 2.09. The van der Waals surface area contributed by atoms with Gasteiger partial charge in [-0.2, -0.15) is 0 Å². The number of carboxylic acids is 1. The van der Waals surface area contributed by atoms with E-state index in [0.29, 0.717) is 32.2 Å². The molecule has 0 saturated heterocycles. The van der Waals surface area contributed by atoms with Crippen molar-refractivity contribution in [2.75, 3.05) is 6.54 Å². The molecule has 0 bridgehead atoms. The van der Waals surface area contributed by atoms with Gasteiger partial charge in [-0.15, -0.1) is 0 Å². The Balaban J connectivity index is 5.10. The number of aliphatic carboxylic acids is 1. The Kier molecular flexibility index (Phi) is 12.9. The first-order valence-corrected chi connectivity index (χ1v) is 10.6.